The van der Waals surface area contributed by atoms with Crippen LogP contribution < -0.4 is 4.74 Å². The average molecular weight is 258 g/mol. The molecular weight excluding hydrogens is 243 g/mol. The van der Waals surface area contributed by atoms with Crippen LogP contribution in [0.2, 0.25) is 0 Å². The molecule has 0 N–H and O–H groups in total. The Labute approximate surface area is 111 Å². The zero-order chi connectivity index (χ0) is 13.8. The van der Waals surface area contributed by atoms with Crippen LogP contribution in [0.4, 0.5) is 4.39 Å². The molecule has 2 aromatic rings. The van der Waals surface area contributed by atoms with E-state index >= 15 is 0 Å². The Morgan fingerprint density at radius 1 is 1.16 bits per heavy atom. The van der Waals surface area contributed by atoms with Gasteiger partial charge in [-0.3, -0.25) is 4.79 Å². The molecule has 0 amide bonds. The van der Waals surface area contributed by atoms with Crippen molar-refractivity contribution in [1.29, 1.82) is 0 Å². The average Bonchev–Trinajstić information content (AvgIpc) is 2.41. The van der Waals surface area contributed by atoms with Crippen LogP contribution >= 0.6 is 0 Å². The number of carbonyl (C=O) groups is 1. The van der Waals surface area contributed by atoms with Crippen molar-refractivity contribution in [2.75, 3.05) is 0 Å². The second-order valence-electron chi connectivity index (χ2n) is 4.63. The lowest BCUT2D eigenvalue weighted by atomic mass is 10.0. The number of hydrogen-bond acceptors (Lipinski definition) is 2. The molecule has 19 heavy (non-hydrogen) atoms. The zero-order valence-electron chi connectivity index (χ0n) is 10.9. The van der Waals surface area contributed by atoms with Gasteiger partial charge in [0.2, 0.25) is 0 Å². The van der Waals surface area contributed by atoms with E-state index < -0.39 is 5.82 Å². The molecule has 0 fully saturated rings. The van der Waals surface area contributed by atoms with Crippen molar-refractivity contribution < 1.29 is 13.9 Å². The van der Waals surface area contributed by atoms with Gasteiger partial charge >= 0.3 is 0 Å². The molecule has 0 saturated carbocycles. The second-order valence-corrected chi connectivity index (χ2v) is 4.63. The first-order chi connectivity index (χ1) is 9.10. The molecule has 0 unspecified atom stereocenters. The van der Waals surface area contributed by atoms with Crippen molar-refractivity contribution in [2.45, 2.75) is 19.8 Å². The first-order valence-corrected chi connectivity index (χ1v) is 6.12. The predicted octanol–water partition coefficient (Wildman–Crippen LogP) is 4.55. The van der Waals surface area contributed by atoms with E-state index in [1.807, 2.05) is 24.3 Å². The number of carbonyl (C=O) groups excluding carboxylic acids is 1. The first kappa shape index (κ1) is 13.3. The van der Waals surface area contributed by atoms with Gasteiger partial charge in [0.15, 0.2) is 6.29 Å². The van der Waals surface area contributed by atoms with Gasteiger partial charge in [-0.1, -0.05) is 26.0 Å². The number of rotatable bonds is 4. The Balaban J connectivity index is 2.30. The Hall–Kier alpha value is -2.16. The number of aldehydes is 1. The zero-order valence-corrected chi connectivity index (χ0v) is 10.9. The van der Waals surface area contributed by atoms with Crippen LogP contribution in [0.15, 0.2) is 42.5 Å². The number of halogens is 1. The fraction of sp³-hybridized carbons (Fsp3) is 0.188. The molecular formula is C16H15FO2. The fourth-order valence-electron chi connectivity index (χ4n) is 1.77. The Morgan fingerprint density at radius 2 is 1.95 bits per heavy atom. The van der Waals surface area contributed by atoms with E-state index in [1.54, 1.807) is 0 Å². The summed E-state index contributed by atoms with van der Waals surface area (Å²) in [6, 6.07) is 11.5. The molecule has 0 aliphatic carbocycles. The van der Waals surface area contributed by atoms with Crippen LogP contribution in [0.3, 0.4) is 0 Å². The summed E-state index contributed by atoms with van der Waals surface area (Å²) in [6.07, 6.45) is 0.588. The van der Waals surface area contributed by atoms with E-state index in [0.29, 0.717) is 23.7 Å². The normalized spacial score (nSPS) is 10.5. The second kappa shape index (κ2) is 5.65. The van der Waals surface area contributed by atoms with E-state index in [1.165, 1.54) is 12.1 Å². The first-order valence-electron chi connectivity index (χ1n) is 6.12. The van der Waals surface area contributed by atoms with Crippen molar-refractivity contribution in [2.24, 2.45) is 0 Å². The molecule has 2 aromatic carbocycles. The van der Waals surface area contributed by atoms with E-state index in [9.17, 15) is 9.18 Å². The summed E-state index contributed by atoms with van der Waals surface area (Å²) in [5, 5.41) is 0. The number of hydrogen-bond donors (Lipinski definition) is 0. The van der Waals surface area contributed by atoms with E-state index in [4.69, 9.17) is 4.74 Å². The minimum absolute atomic E-state index is 0.204. The highest BCUT2D eigenvalue weighted by Crippen LogP contribution is 2.27. The smallest absolute Gasteiger partial charge is 0.153 e. The maximum atomic E-state index is 13.0. The Kier molecular flexibility index (Phi) is 3.95. The van der Waals surface area contributed by atoms with Gasteiger partial charge in [0.25, 0.3) is 0 Å². The van der Waals surface area contributed by atoms with Crippen molar-refractivity contribution in [3.05, 3.63) is 59.4 Å². The monoisotopic (exact) mass is 258 g/mol. The van der Waals surface area contributed by atoms with Gasteiger partial charge < -0.3 is 4.74 Å². The van der Waals surface area contributed by atoms with Crippen molar-refractivity contribution in [3.63, 3.8) is 0 Å². The molecule has 2 rings (SSSR count). The van der Waals surface area contributed by atoms with Gasteiger partial charge in [0, 0.05) is 0 Å². The molecule has 0 aliphatic rings. The van der Waals surface area contributed by atoms with E-state index in [0.717, 1.165) is 11.6 Å². The molecule has 98 valence electrons. The minimum Gasteiger partial charge on any atom is -0.457 e. The van der Waals surface area contributed by atoms with E-state index in [2.05, 4.69) is 13.8 Å². The summed E-state index contributed by atoms with van der Waals surface area (Å²) in [6.45, 7) is 4.18. The van der Waals surface area contributed by atoms with Crippen molar-refractivity contribution in [3.8, 4) is 11.5 Å². The summed E-state index contributed by atoms with van der Waals surface area (Å²) in [4.78, 5) is 10.9. The molecule has 2 nitrogen and oxygen atoms in total. The van der Waals surface area contributed by atoms with Gasteiger partial charge in [0.05, 0.1) is 5.56 Å². The highest BCUT2D eigenvalue weighted by atomic mass is 19.1. The van der Waals surface area contributed by atoms with Crippen LogP contribution in [0.25, 0.3) is 0 Å². The van der Waals surface area contributed by atoms with Crippen LogP contribution in [-0.4, -0.2) is 6.29 Å². The third-order valence-electron chi connectivity index (χ3n) is 2.85. The predicted molar refractivity (Wildman–Crippen MR) is 72.4 cm³/mol. The van der Waals surface area contributed by atoms with Crippen LogP contribution in [-0.2, 0) is 0 Å². The third kappa shape index (κ3) is 3.19. The summed E-state index contributed by atoms with van der Waals surface area (Å²) >= 11 is 0. The topological polar surface area (TPSA) is 26.3 Å². The van der Waals surface area contributed by atoms with Gasteiger partial charge in [-0.05, 0) is 41.8 Å². The SMILES string of the molecule is CC(C)c1cccc(Oc2ccc(F)cc2C=O)c1. The van der Waals surface area contributed by atoms with Crippen LogP contribution in [0.5, 0.6) is 11.5 Å². The molecule has 3 heteroatoms. The lowest BCUT2D eigenvalue weighted by Gasteiger charge is -2.11. The van der Waals surface area contributed by atoms with Crippen LogP contribution in [0, 0.1) is 5.82 Å². The quantitative estimate of drug-likeness (QED) is 0.752. The number of benzene rings is 2. The van der Waals surface area contributed by atoms with Gasteiger partial charge in [-0.15, -0.1) is 0 Å². The van der Waals surface area contributed by atoms with E-state index in [-0.39, 0.29) is 5.56 Å². The molecule has 0 saturated heterocycles. The Bertz CT molecular complexity index is 591. The summed E-state index contributed by atoms with van der Waals surface area (Å²) in [7, 11) is 0. The standard InChI is InChI=1S/C16H15FO2/c1-11(2)12-4-3-5-15(9-12)19-16-7-6-14(17)8-13(16)10-18/h3-11H,1-2H3. The molecule has 0 spiro atoms. The summed E-state index contributed by atoms with van der Waals surface area (Å²) in [5.41, 5.74) is 1.35. The van der Waals surface area contributed by atoms with Gasteiger partial charge in [0.1, 0.15) is 17.3 Å². The maximum Gasteiger partial charge on any atom is 0.153 e. The molecule has 0 bridgehead atoms. The van der Waals surface area contributed by atoms with Gasteiger partial charge in [-0.2, -0.15) is 0 Å². The molecule has 0 atom stereocenters. The number of ether oxygens (including phenoxy) is 1. The highest BCUT2D eigenvalue weighted by Gasteiger charge is 2.07. The highest BCUT2D eigenvalue weighted by molar-refractivity contribution is 5.79. The Morgan fingerprint density at radius 3 is 2.63 bits per heavy atom. The maximum absolute atomic E-state index is 13.0. The molecule has 0 aromatic heterocycles. The lowest BCUT2D eigenvalue weighted by molar-refractivity contribution is 0.112. The van der Waals surface area contributed by atoms with Gasteiger partial charge in [-0.25, -0.2) is 4.39 Å². The minimum atomic E-state index is -0.453. The largest absolute Gasteiger partial charge is 0.457 e. The van der Waals surface area contributed by atoms with Crippen LogP contribution in [0.1, 0.15) is 35.7 Å². The molecule has 0 radical (unpaired) electrons. The van der Waals surface area contributed by atoms with Crippen molar-refractivity contribution in [1.82, 2.24) is 0 Å². The fourth-order valence-corrected chi connectivity index (χ4v) is 1.77. The molecule has 0 heterocycles. The third-order valence-corrected chi connectivity index (χ3v) is 2.85. The summed E-state index contributed by atoms with van der Waals surface area (Å²) < 4.78 is 18.7. The lowest BCUT2D eigenvalue weighted by Crippen LogP contribution is -1.93. The van der Waals surface area contributed by atoms with Crippen molar-refractivity contribution >= 4 is 6.29 Å². The molecule has 0 aliphatic heterocycles. The summed E-state index contributed by atoms with van der Waals surface area (Å²) in [5.74, 6) is 0.936.